The van der Waals surface area contributed by atoms with E-state index in [4.69, 9.17) is 9.84 Å². The number of anilines is 1. The van der Waals surface area contributed by atoms with Crippen molar-refractivity contribution in [2.45, 2.75) is 25.0 Å². The molecule has 1 aromatic carbocycles. The van der Waals surface area contributed by atoms with E-state index >= 15 is 0 Å². The number of urea groups is 1. The maximum Gasteiger partial charge on any atom is 0.337 e. The molecule has 0 aliphatic heterocycles. The summed E-state index contributed by atoms with van der Waals surface area (Å²) in [5.41, 5.74) is -0.234. The van der Waals surface area contributed by atoms with E-state index in [0.29, 0.717) is 0 Å². The molecule has 1 aliphatic carbocycles. The van der Waals surface area contributed by atoms with Gasteiger partial charge >= 0.3 is 12.0 Å². The van der Waals surface area contributed by atoms with E-state index in [1.54, 1.807) is 7.11 Å². The number of methoxy groups -OCH3 is 1. The Morgan fingerprint density at radius 3 is 2.70 bits per heavy atom. The average molecular weight is 282 g/mol. The van der Waals surface area contributed by atoms with E-state index in [2.05, 4.69) is 10.6 Å². The van der Waals surface area contributed by atoms with Crippen molar-refractivity contribution in [1.29, 1.82) is 0 Å². The normalized spacial score (nSPS) is 20.9. The number of ether oxygens (including phenoxy) is 1. The molecule has 0 spiro atoms. The first-order valence-corrected chi connectivity index (χ1v) is 6.12. The van der Waals surface area contributed by atoms with Gasteiger partial charge in [0.05, 0.1) is 17.4 Å². The lowest BCUT2D eigenvalue weighted by Crippen LogP contribution is -2.48. The van der Waals surface area contributed by atoms with Gasteiger partial charge < -0.3 is 20.5 Å². The molecule has 20 heavy (non-hydrogen) atoms. The first-order valence-electron chi connectivity index (χ1n) is 6.12. The van der Waals surface area contributed by atoms with Crippen LogP contribution in [0.4, 0.5) is 14.9 Å². The van der Waals surface area contributed by atoms with E-state index in [-0.39, 0.29) is 23.4 Å². The average Bonchev–Trinajstić information content (AvgIpc) is 2.35. The summed E-state index contributed by atoms with van der Waals surface area (Å²) in [6, 6.07) is 2.67. The molecule has 0 bridgehead atoms. The predicted molar refractivity (Wildman–Crippen MR) is 69.3 cm³/mol. The smallest absolute Gasteiger partial charge is 0.337 e. The van der Waals surface area contributed by atoms with E-state index in [0.717, 1.165) is 25.0 Å². The standard InChI is InChI=1S/C13H15FN2O4/c1-20-9-5-8(6-9)15-13(19)16-11-3-2-7(14)4-10(11)12(17)18/h2-4,8-9H,5-6H2,1H3,(H,17,18)(H2,15,16,19). The number of carbonyl (C=O) groups is 2. The summed E-state index contributed by atoms with van der Waals surface area (Å²) in [5.74, 6) is -1.97. The Labute approximate surface area is 114 Å². The van der Waals surface area contributed by atoms with Gasteiger partial charge in [-0.1, -0.05) is 0 Å². The molecule has 0 radical (unpaired) electrons. The highest BCUT2D eigenvalue weighted by atomic mass is 19.1. The Morgan fingerprint density at radius 1 is 1.40 bits per heavy atom. The zero-order valence-electron chi connectivity index (χ0n) is 10.9. The van der Waals surface area contributed by atoms with Gasteiger partial charge in [0.25, 0.3) is 0 Å². The fourth-order valence-electron chi connectivity index (χ4n) is 2.02. The number of hydrogen-bond acceptors (Lipinski definition) is 3. The largest absolute Gasteiger partial charge is 0.478 e. The molecule has 0 atom stereocenters. The van der Waals surface area contributed by atoms with Crippen molar-refractivity contribution < 1.29 is 23.8 Å². The Balaban J connectivity index is 1.96. The quantitative estimate of drug-likeness (QED) is 0.786. The summed E-state index contributed by atoms with van der Waals surface area (Å²) in [5, 5.41) is 14.1. The number of carboxylic acids is 1. The molecule has 1 fully saturated rings. The van der Waals surface area contributed by atoms with Crippen molar-refractivity contribution in [3.8, 4) is 0 Å². The zero-order chi connectivity index (χ0) is 14.7. The molecule has 6 nitrogen and oxygen atoms in total. The van der Waals surface area contributed by atoms with Crippen molar-refractivity contribution in [3.63, 3.8) is 0 Å². The number of benzene rings is 1. The van der Waals surface area contributed by atoms with Gasteiger partial charge in [0.1, 0.15) is 5.82 Å². The van der Waals surface area contributed by atoms with Crippen LogP contribution in [0.1, 0.15) is 23.2 Å². The second-order valence-corrected chi connectivity index (χ2v) is 4.62. The Morgan fingerprint density at radius 2 is 2.10 bits per heavy atom. The zero-order valence-corrected chi connectivity index (χ0v) is 10.9. The van der Waals surface area contributed by atoms with Crippen LogP contribution < -0.4 is 10.6 Å². The van der Waals surface area contributed by atoms with Gasteiger partial charge in [-0.25, -0.2) is 14.0 Å². The minimum atomic E-state index is -1.30. The van der Waals surface area contributed by atoms with Crippen LogP contribution in [-0.4, -0.2) is 36.4 Å². The molecular formula is C13H15FN2O4. The van der Waals surface area contributed by atoms with Crippen LogP contribution in [0.3, 0.4) is 0 Å². The van der Waals surface area contributed by atoms with Crippen LogP contribution in [0.25, 0.3) is 0 Å². The number of halogens is 1. The fourth-order valence-corrected chi connectivity index (χ4v) is 2.02. The summed E-state index contributed by atoms with van der Waals surface area (Å²) in [6.45, 7) is 0. The SMILES string of the molecule is COC1CC(NC(=O)Nc2ccc(F)cc2C(=O)O)C1. The lowest BCUT2D eigenvalue weighted by molar-refractivity contribution is 0.0210. The molecule has 0 saturated heterocycles. The van der Waals surface area contributed by atoms with Gasteiger partial charge in [-0.3, -0.25) is 0 Å². The summed E-state index contributed by atoms with van der Waals surface area (Å²) in [4.78, 5) is 22.7. The molecular weight excluding hydrogens is 267 g/mol. The van der Waals surface area contributed by atoms with Gasteiger partial charge in [-0.05, 0) is 31.0 Å². The lowest BCUT2D eigenvalue weighted by atomic mass is 9.89. The molecule has 0 aromatic heterocycles. The number of nitrogens with one attached hydrogen (secondary N) is 2. The number of aromatic carboxylic acids is 1. The van der Waals surface area contributed by atoms with Crippen molar-refractivity contribution >= 4 is 17.7 Å². The molecule has 1 aromatic rings. The van der Waals surface area contributed by atoms with Crippen molar-refractivity contribution in [1.82, 2.24) is 5.32 Å². The minimum Gasteiger partial charge on any atom is -0.478 e. The van der Waals surface area contributed by atoms with Crippen molar-refractivity contribution in [2.24, 2.45) is 0 Å². The number of rotatable bonds is 4. The van der Waals surface area contributed by atoms with Crippen LogP contribution in [0, 0.1) is 5.82 Å². The number of hydrogen-bond donors (Lipinski definition) is 3. The van der Waals surface area contributed by atoms with Crippen molar-refractivity contribution in [3.05, 3.63) is 29.6 Å². The third-order valence-electron chi connectivity index (χ3n) is 3.22. The minimum absolute atomic E-state index is 0.00803. The van der Waals surface area contributed by atoms with Crippen LogP contribution >= 0.6 is 0 Å². The molecule has 0 heterocycles. The van der Waals surface area contributed by atoms with E-state index in [1.807, 2.05) is 0 Å². The van der Waals surface area contributed by atoms with Crippen LogP contribution in [0.5, 0.6) is 0 Å². The topological polar surface area (TPSA) is 87.7 Å². The Hall–Kier alpha value is -2.15. The molecule has 7 heteroatoms. The van der Waals surface area contributed by atoms with Gasteiger partial charge in [0.15, 0.2) is 0 Å². The van der Waals surface area contributed by atoms with Crippen LogP contribution in [-0.2, 0) is 4.74 Å². The highest BCUT2D eigenvalue weighted by Gasteiger charge is 2.30. The molecule has 108 valence electrons. The van der Waals surface area contributed by atoms with Crippen molar-refractivity contribution in [2.75, 3.05) is 12.4 Å². The second kappa shape index (κ2) is 5.87. The molecule has 1 aliphatic rings. The third-order valence-corrected chi connectivity index (χ3v) is 3.22. The lowest BCUT2D eigenvalue weighted by Gasteiger charge is -2.34. The first-order chi connectivity index (χ1) is 9.49. The van der Waals surface area contributed by atoms with E-state index < -0.39 is 17.8 Å². The summed E-state index contributed by atoms with van der Waals surface area (Å²) < 4.78 is 18.1. The van der Waals surface area contributed by atoms with Gasteiger partial charge in [0, 0.05) is 13.2 Å². The summed E-state index contributed by atoms with van der Waals surface area (Å²) in [7, 11) is 1.61. The van der Waals surface area contributed by atoms with Gasteiger partial charge in [-0.2, -0.15) is 0 Å². The highest BCUT2D eigenvalue weighted by Crippen LogP contribution is 2.23. The molecule has 0 unspecified atom stereocenters. The monoisotopic (exact) mass is 282 g/mol. The van der Waals surface area contributed by atoms with Crippen LogP contribution in [0.15, 0.2) is 18.2 Å². The Kier molecular flexibility index (Phi) is 4.19. The number of amides is 2. The number of carbonyl (C=O) groups excluding carboxylic acids is 1. The predicted octanol–water partition coefficient (Wildman–Crippen LogP) is 1.82. The highest BCUT2D eigenvalue weighted by molar-refractivity contribution is 6.00. The molecule has 2 rings (SSSR count). The summed E-state index contributed by atoms with van der Waals surface area (Å²) >= 11 is 0. The molecule has 2 amide bonds. The van der Waals surface area contributed by atoms with E-state index in [1.165, 1.54) is 6.07 Å². The van der Waals surface area contributed by atoms with E-state index in [9.17, 15) is 14.0 Å². The maximum absolute atomic E-state index is 13.0. The van der Waals surface area contributed by atoms with Gasteiger partial charge in [0.2, 0.25) is 0 Å². The van der Waals surface area contributed by atoms with Crippen LogP contribution in [0.2, 0.25) is 0 Å². The maximum atomic E-state index is 13.0. The molecule has 3 N–H and O–H groups in total. The third kappa shape index (κ3) is 3.24. The summed E-state index contributed by atoms with van der Waals surface area (Å²) in [6.07, 6.45) is 1.60. The molecule has 1 saturated carbocycles. The fraction of sp³-hybridized carbons (Fsp3) is 0.385. The number of carboxylic acid groups (broad SMARTS) is 1. The van der Waals surface area contributed by atoms with Gasteiger partial charge in [-0.15, -0.1) is 0 Å². The second-order valence-electron chi connectivity index (χ2n) is 4.62. The first kappa shape index (κ1) is 14.3. The Bertz CT molecular complexity index is 529.